The van der Waals surface area contributed by atoms with Crippen LogP contribution in [0.2, 0.25) is 5.02 Å². The molecule has 1 saturated heterocycles. The normalized spacial score (nSPS) is 21.0. The molecule has 1 unspecified atom stereocenters. The molecule has 0 aliphatic carbocycles. The van der Waals surface area contributed by atoms with Gasteiger partial charge in [-0.05, 0) is 30.5 Å². The van der Waals surface area contributed by atoms with Crippen LogP contribution in [0.3, 0.4) is 0 Å². The zero-order chi connectivity index (χ0) is 14.9. The topological polar surface area (TPSA) is 89.5 Å². The van der Waals surface area contributed by atoms with E-state index < -0.39 is 4.92 Å². The molecule has 1 aliphatic rings. The standard InChI is InChI=1S/C13H16ClN3O3.ClH/c1-13(7-15)4-5-16(8-13)12(18)10-6-9(14)2-3-11(10)17(19)20;/h2-3,6H,4-5,7-8,15H2,1H3;1H. The molecule has 2 N–H and O–H groups in total. The predicted octanol–water partition coefficient (Wildman–Crippen LogP) is 2.48. The Labute approximate surface area is 133 Å². The number of rotatable bonds is 3. The second kappa shape index (κ2) is 6.60. The fourth-order valence-corrected chi connectivity index (χ4v) is 2.54. The summed E-state index contributed by atoms with van der Waals surface area (Å²) >= 11 is 5.84. The largest absolute Gasteiger partial charge is 0.338 e. The highest BCUT2D eigenvalue weighted by Gasteiger charge is 2.36. The van der Waals surface area contributed by atoms with E-state index in [1.54, 1.807) is 4.90 Å². The lowest BCUT2D eigenvalue weighted by Crippen LogP contribution is -2.34. The minimum Gasteiger partial charge on any atom is -0.338 e. The minimum atomic E-state index is -0.568. The van der Waals surface area contributed by atoms with Crippen molar-refractivity contribution in [1.82, 2.24) is 4.90 Å². The Kier molecular flexibility index (Phi) is 5.55. The quantitative estimate of drug-likeness (QED) is 0.679. The first-order chi connectivity index (χ1) is 9.36. The zero-order valence-electron chi connectivity index (χ0n) is 11.5. The monoisotopic (exact) mass is 333 g/mol. The number of hydrogen-bond acceptors (Lipinski definition) is 4. The first kappa shape index (κ1) is 17.7. The molecule has 0 spiro atoms. The molecule has 0 bridgehead atoms. The highest BCUT2D eigenvalue weighted by atomic mass is 35.5. The maximum Gasteiger partial charge on any atom is 0.282 e. The number of benzene rings is 1. The Balaban J connectivity index is 0.00000220. The van der Waals surface area contributed by atoms with Gasteiger partial charge in [0.2, 0.25) is 0 Å². The Bertz CT molecular complexity index is 568. The maximum atomic E-state index is 12.5. The Hall–Kier alpha value is -1.37. The average Bonchev–Trinajstić information content (AvgIpc) is 2.81. The van der Waals surface area contributed by atoms with E-state index in [1.807, 2.05) is 6.92 Å². The molecular formula is C13H17Cl2N3O3. The molecule has 1 aromatic rings. The molecule has 8 heteroatoms. The molecule has 1 aliphatic heterocycles. The van der Waals surface area contributed by atoms with Crippen molar-refractivity contribution >= 4 is 35.6 Å². The number of hydrogen-bond donors (Lipinski definition) is 1. The van der Waals surface area contributed by atoms with Crippen molar-refractivity contribution < 1.29 is 9.72 Å². The number of amides is 1. The number of nitrogens with zero attached hydrogens (tertiary/aromatic N) is 2. The summed E-state index contributed by atoms with van der Waals surface area (Å²) in [4.78, 5) is 24.5. The van der Waals surface area contributed by atoms with Gasteiger partial charge in [0.15, 0.2) is 0 Å². The van der Waals surface area contributed by atoms with Crippen molar-refractivity contribution in [3.63, 3.8) is 0 Å². The van der Waals surface area contributed by atoms with E-state index in [9.17, 15) is 14.9 Å². The fraction of sp³-hybridized carbons (Fsp3) is 0.462. The molecule has 1 atom stereocenters. The lowest BCUT2D eigenvalue weighted by atomic mass is 9.90. The first-order valence-corrected chi connectivity index (χ1v) is 6.67. The zero-order valence-corrected chi connectivity index (χ0v) is 13.1. The van der Waals surface area contributed by atoms with E-state index in [0.29, 0.717) is 24.7 Å². The summed E-state index contributed by atoms with van der Waals surface area (Å²) in [5, 5.41) is 11.3. The Morgan fingerprint density at radius 1 is 1.57 bits per heavy atom. The molecule has 0 saturated carbocycles. The van der Waals surface area contributed by atoms with E-state index in [1.165, 1.54) is 18.2 Å². The fourth-order valence-electron chi connectivity index (χ4n) is 2.37. The van der Waals surface area contributed by atoms with Crippen LogP contribution in [0.4, 0.5) is 5.69 Å². The molecule has 116 valence electrons. The summed E-state index contributed by atoms with van der Waals surface area (Å²) in [6.07, 6.45) is 0.795. The number of likely N-dealkylation sites (tertiary alicyclic amines) is 1. The van der Waals surface area contributed by atoms with Crippen LogP contribution in [-0.2, 0) is 0 Å². The van der Waals surface area contributed by atoms with Gasteiger partial charge in [-0.15, -0.1) is 12.4 Å². The molecule has 2 rings (SSSR count). The molecule has 6 nitrogen and oxygen atoms in total. The van der Waals surface area contributed by atoms with Crippen LogP contribution in [0.25, 0.3) is 0 Å². The van der Waals surface area contributed by atoms with Crippen LogP contribution in [0.5, 0.6) is 0 Å². The number of carbonyl (C=O) groups excluding carboxylic acids is 1. The molecule has 1 fully saturated rings. The van der Waals surface area contributed by atoms with E-state index in [0.717, 1.165) is 6.42 Å². The second-order valence-corrected chi connectivity index (χ2v) is 5.85. The van der Waals surface area contributed by atoms with Crippen molar-refractivity contribution in [3.8, 4) is 0 Å². The van der Waals surface area contributed by atoms with Crippen LogP contribution in [-0.4, -0.2) is 35.4 Å². The first-order valence-electron chi connectivity index (χ1n) is 6.29. The van der Waals surface area contributed by atoms with Gasteiger partial charge < -0.3 is 10.6 Å². The summed E-state index contributed by atoms with van der Waals surface area (Å²) in [6.45, 7) is 3.54. The SMILES string of the molecule is CC1(CN)CCN(C(=O)c2cc(Cl)ccc2[N+](=O)[O-])C1.Cl. The van der Waals surface area contributed by atoms with E-state index in [-0.39, 0.29) is 35.0 Å². The van der Waals surface area contributed by atoms with E-state index in [4.69, 9.17) is 17.3 Å². The highest BCUT2D eigenvalue weighted by molar-refractivity contribution is 6.31. The third kappa shape index (κ3) is 3.64. The van der Waals surface area contributed by atoms with Crippen LogP contribution >= 0.6 is 24.0 Å². The van der Waals surface area contributed by atoms with Crippen molar-refractivity contribution in [2.75, 3.05) is 19.6 Å². The Morgan fingerprint density at radius 2 is 2.24 bits per heavy atom. The van der Waals surface area contributed by atoms with Crippen LogP contribution < -0.4 is 5.73 Å². The molecule has 1 heterocycles. The average molecular weight is 334 g/mol. The molecule has 1 aromatic carbocycles. The maximum absolute atomic E-state index is 12.5. The van der Waals surface area contributed by atoms with Gasteiger partial charge in [0.25, 0.3) is 11.6 Å². The minimum absolute atomic E-state index is 0. The number of nitro benzene ring substituents is 1. The van der Waals surface area contributed by atoms with Crippen LogP contribution in [0, 0.1) is 15.5 Å². The summed E-state index contributed by atoms with van der Waals surface area (Å²) < 4.78 is 0. The van der Waals surface area contributed by atoms with Crippen molar-refractivity contribution in [2.45, 2.75) is 13.3 Å². The van der Waals surface area contributed by atoms with E-state index in [2.05, 4.69) is 0 Å². The molecule has 1 amide bonds. The van der Waals surface area contributed by atoms with Gasteiger partial charge in [0.05, 0.1) is 4.92 Å². The lowest BCUT2D eigenvalue weighted by molar-refractivity contribution is -0.385. The van der Waals surface area contributed by atoms with Crippen molar-refractivity contribution in [1.29, 1.82) is 0 Å². The summed E-state index contributed by atoms with van der Waals surface area (Å²) in [5.74, 6) is -0.364. The van der Waals surface area contributed by atoms with Crippen LogP contribution in [0.15, 0.2) is 18.2 Å². The summed E-state index contributed by atoms with van der Waals surface area (Å²) in [5.41, 5.74) is 5.39. The second-order valence-electron chi connectivity index (χ2n) is 5.41. The highest BCUT2D eigenvalue weighted by Crippen LogP contribution is 2.31. The third-order valence-corrected chi connectivity index (χ3v) is 3.96. The van der Waals surface area contributed by atoms with Gasteiger partial charge in [-0.1, -0.05) is 18.5 Å². The van der Waals surface area contributed by atoms with Crippen molar-refractivity contribution in [2.24, 2.45) is 11.1 Å². The summed E-state index contributed by atoms with van der Waals surface area (Å²) in [6, 6.07) is 4.01. The van der Waals surface area contributed by atoms with Crippen LogP contribution in [0.1, 0.15) is 23.7 Å². The summed E-state index contributed by atoms with van der Waals surface area (Å²) in [7, 11) is 0. The third-order valence-electron chi connectivity index (χ3n) is 3.72. The van der Waals surface area contributed by atoms with Gasteiger partial charge in [0, 0.05) is 24.2 Å². The molecular weight excluding hydrogens is 317 g/mol. The van der Waals surface area contributed by atoms with Crippen molar-refractivity contribution in [3.05, 3.63) is 38.9 Å². The predicted molar refractivity (Wildman–Crippen MR) is 83.0 cm³/mol. The van der Waals surface area contributed by atoms with Gasteiger partial charge in [-0.25, -0.2) is 0 Å². The number of nitro groups is 1. The Morgan fingerprint density at radius 3 is 2.76 bits per heavy atom. The molecule has 0 aromatic heterocycles. The van der Waals surface area contributed by atoms with Gasteiger partial charge in [0.1, 0.15) is 5.56 Å². The number of halogens is 2. The van der Waals surface area contributed by atoms with Gasteiger partial charge in [-0.2, -0.15) is 0 Å². The lowest BCUT2D eigenvalue weighted by Gasteiger charge is -2.22. The van der Waals surface area contributed by atoms with E-state index >= 15 is 0 Å². The number of carbonyl (C=O) groups is 1. The van der Waals surface area contributed by atoms with Gasteiger partial charge in [-0.3, -0.25) is 14.9 Å². The molecule has 0 radical (unpaired) electrons. The number of nitrogens with two attached hydrogens (primary N) is 1. The van der Waals surface area contributed by atoms with Gasteiger partial charge >= 0.3 is 0 Å². The molecule has 21 heavy (non-hydrogen) atoms. The smallest absolute Gasteiger partial charge is 0.282 e.